The van der Waals surface area contributed by atoms with Crippen LogP contribution < -0.4 is 5.32 Å². The van der Waals surface area contributed by atoms with E-state index in [-0.39, 0.29) is 0 Å². The average Bonchev–Trinajstić information content (AvgIpc) is 2.32. The zero-order chi connectivity index (χ0) is 13.4. The van der Waals surface area contributed by atoms with Gasteiger partial charge in [-0.15, -0.1) is 0 Å². The summed E-state index contributed by atoms with van der Waals surface area (Å²) in [6.07, 6.45) is 1.14. The van der Waals surface area contributed by atoms with Crippen molar-refractivity contribution in [3.05, 3.63) is 32.7 Å². The zero-order valence-corrected chi connectivity index (χ0v) is 14.2. The van der Waals surface area contributed by atoms with Gasteiger partial charge in [-0.25, -0.2) is 0 Å². The van der Waals surface area contributed by atoms with Gasteiger partial charge in [-0.1, -0.05) is 19.9 Å². The molecule has 0 spiro atoms. The van der Waals surface area contributed by atoms with Gasteiger partial charge in [0.15, 0.2) is 0 Å². The largest absolute Gasteiger partial charge is 0.380 e. The zero-order valence-electron chi connectivity index (χ0n) is 11.0. The summed E-state index contributed by atoms with van der Waals surface area (Å²) >= 11 is 6.97. The van der Waals surface area contributed by atoms with E-state index < -0.39 is 0 Å². The minimum absolute atomic E-state index is 0.720. The molecule has 0 radical (unpaired) electrons. The van der Waals surface area contributed by atoms with Crippen molar-refractivity contribution < 1.29 is 4.74 Å². The molecule has 1 aromatic rings. The summed E-state index contributed by atoms with van der Waals surface area (Å²) in [4.78, 5) is 0. The second-order valence-electron chi connectivity index (χ2n) is 4.72. The highest BCUT2D eigenvalue weighted by Crippen LogP contribution is 2.23. The first-order valence-corrected chi connectivity index (χ1v) is 7.90. The van der Waals surface area contributed by atoms with Crippen LogP contribution in [0, 0.1) is 5.92 Å². The first-order valence-electron chi connectivity index (χ1n) is 6.32. The van der Waals surface area contributed by atoms with Crippen LogP contribution in [0.2, 0.25) is 0 Å². The van der Waals surface area contributed by atoms with Crippen LogP contribution in [-0.2, 0) is 11.3 Å². The van der Waals surface area contributed by atoms with E-state index in [1.54, 1.807) is 0 Å². The smallest absolute Gasteiger partial charge is 0.0591 e. The van der Waals surface area contributed by atoms with Crippen molar-refractivity contribution in [3.63, 3.8) is 0 Å². The van der Waals surface area contributed by atoms with E-state index in [1.807, 2.05) is 0 Å². The third-order valence-corrected chi connectivity index (χ3v) is 4.46. The lowest BCUT2D eigenvalue weighted by molar-refractivity contribution is 0.125. The molecule has 0 aliphatic carbocycles. The summed E-state index contributed by atoms with van der Waals surface area (Å²) in [5.41, 5.74) is 1.27. The maximum atomic E-state index is 5.55. The summed E-state index contributed by atoms with van der Waals surface area (Å²) < 4.78 is 7.72. The van der Waals surface area contributed by atoms with Crippen LogP contribution in [-0.4, -0.2) is 19.8 Å². The van der Waals surface area contributed by atoms with Gasteiger partial charge in [0.1, 0.15) is 0 Å². The Morgan fingerprint density at radius 2 is 1.94 bits per heavy atom. The van der Waals surface area contributed by atoms with Gasteiger partial charge in [0.05, 0.1) is 6.61 Å². The Morgan fingerprint density at radius 3 is 2.61 bits per heavy atom. The van der Waals surface area contributed by atoms with Crippen LogP contribution in [0.4, 0.5) is 0 Å². The monoisotopic (exact) mass is 377 g/mol. The van der Waals surface area contributed by atoms with Gasteiger partial charge < -0.3 is 10.1 Å². The predicted molar refractivity (Wildman–Crippen MR) is 83.8 cm³/mol. The predicted octanol–water partition coefficient (Wildman–Crippen LogP) is 4.36. The Labute approximate surface area is 127 Å². The third-order valence-electron chi connectivity index (χ3n) is 2.58. The van der Waals surface area contributed by atoms with E-state index >= 15 is 0 Å². The first kappa shape index (κ1) is 16.2. The minimum atomic E-state index is 0.720. The second-order valence-corrected chi connectivity index (χ2v) is 6.43. The van der Waals surface area contributed by atoms with Gasteiger partial charge in [0, 0.05) is 28.6 Å². The van der Waals surface area contributed by atoms with Crippen molar-refractivity contribution in [2.24, 2.45) is 5.92 Å². The van der Waals surface area contributed by atoms with E-state index in [9.17, 15) is 0 Å². The van der Waals surface area contributed by atoms with E-state index in [0.717, 1.165) is 47.6 Å². The van der Waals surface area contributed by atoms with Crippen molar-refractivity contribution in [2.75, 3.05) is 19.8 Å². The Hall–Kier alpha value is 0.1000. The molecule has 0 saturated heterocycles. The highest BCUT2D eigenvalue weighted by Gasteiger charge is 1.98. The number of benzene rings is 1. The molecule has 0 heterocycles. The quantitative estimate of drug-likeness (QED) is 0.678. The number of ether oxygens (including phenoxy) is 1. The van der Waals surface area contributed by atoms with Gasteiger partial charge in [-0.05, 0) is 61.9 Å². The Morgan fingerprint density at radius 1 is 1.17 bits per heavy atom. The van der Waals surface area contributed by atoms with Gasteiger partial charge in [0.25, 0.3) is 0 Å². The van der Waals surface area contributed by atoms with Crippen LogP contribution in [0.25, 0.3) is 0 Å². The van der Waals surface area contributed by atoms with E-state index in [2.05, 4.69) is 69.2 Å². The lowest BCUT2D eigenvalue weighted by Crippen LogP contribution is -2.19. The lowest BCUT2D eigenvalue weighted by atomic mass is 10.1. The van der Waals surface area contributed by atoms with Crippen LogP contribution in [0.5, 0.6) is 0 Å². The van der Waals surface area contributed by atoms with Crippen LogP contribution in [0.15, 0.2) is 27.1 Å². The summed E-state index contributed by atoms with van der Waals surface area (Å²) in [5, 5.41) is 3.38. The molecular formula is C14H21Br2NO. The summed E-state index contributed by atoms with van der Waals surface area (Å²) in [6.45, 7) is 7.85. The standard InChI is InChI=1S/C14H21Br2NO/c1-11(2)5-7-18-8-6-17-10-12-3-4-13(15)14(16)9-12/h3-4,9,11,17H,5-8,10H2,1-2H3. The van der Waals surface area contributed by atoms with E-state index in [1.165, 1.54) is 5.56 Å². The van der Waals surface area contributed by atoms with Gasteiger partial charge in [-0.3, -0.25) is 0 Å². The summed E-state index contributed by atoms with van der Waals surface area (Å²) in [7, 11) is 0. The van der Waals surface area contributed by atoms with Gasteiger partial charge in [-0.2, -0.15) is 0 Å². The van der Waals surface area contributed by atoms with Crippen molar-refractivity contribution in [3.8, 4) is 0 Å². The Bertz CT molecular complexity index is 356. The number of hydrogen-bond donors (Lipinski definition) is 1. The Balaban J connectivity index is 2.09. The molecule has 0 atom stereocenters. The number of halogens is 2. The fourth-order valence-corrected chi connectivity index (χ4v) is 2.12. The normalized spacial score (nSPS) is 11.2. The molecule has 2 nitrogen and oxygen atoms in total. The van der Waals surface area contributed by atoms with E-state index in [4.69, 9.17) is 4.74 Å². The molecule has 0 aliphatic heterocycles. The Kier molecular flexibility index (Phi) is 8.15. The maximum absolute atomic E-state index is 5.55. The maximum Gasteiger partial charge on any atom is 0.0591 e. The van der Waals surface area contributed by atoms with Crippen molar-refractivity contribution in [1.82, 2.24) is 5.32 Å². The minimum Gasteiger partial charge on any atom is -0.380 e. The molecular weight excluding hydrogens is 358 g/mol. The van der Waals surface area contributed by atoms with Crippen molar-refractivity contribution >= 4 is 31.9 Å². The first-order chi connectivity index (χ1) is 8.59. The van der Waals surface area contributed by atoms with Crippen LogP contribution >= 0.6 is 31.9 Å². The van der Waals surface area contributed by atoms with Crippen molar-refractivity contribution in [2.45, 2.75) is 26.8 Å². The van der Waals surface area contributed by atoms with Crippen molar-refractivity contribution in [1.29, 1.82) is 0 Å². The molecule has 0 aliphatic rings. The fraction of sp³-hybridized carbons (Fsp3) is 0.571. The number of rotatable bonds is 8. The summed E-state index contributed by atoms with van der Waals surface area (Å²) in [6, 6.07) is 6.29. The molecule has 4 heteroatoms. The molecule has 102 valence electrons. The molecule has 0 aromatic heterocycles. The molecule has 0 saturated carbocycles. The second kappa shape index (κ2) is 9.08. The molecule has 18 heavy (non-hydrogen) atoms. The molecule has 0 bridgehead atoms. The molecule has 1 aromatic carbocycles. The molecule has 1 N–H and O–H groups in total. The highest BCUT2D eigenvalue weighted by atomic mass is 79.9. The molecule has 0 fully saturated rings. The van der Waals surface area contributed by atoms with Gasteiger partial charge in [0.2, 0.25) is 0 Å². The van der Waals surface area contributed by atoms with Crippen LogP contribution in [0.3, 0.4) is 0 Å². The van der Waals surface area contributed by atoms with Gasteiger partial charge >= 0.3 is 0 Å². The SMILES string of the molecule is CC(C)CCOCCNCc1ccc(Br)c(Br)c1. The highest BCUT2D eigenvalue weighted by molar-refractivity contribution is 9.13. The number of hydrogen-bond acceptors (Lipinski definition) is 2. The average molecular weight is 379 g/mol. The summed E-state index contributed by atoms with van der Waals surface area (Å²) in [5.74, 6) is 0.720. The fourth-order valence-electron chi connectivity index (χ4n) is 1.45. The van der Waals surface area contributed by atoms with Crippen LogP contribution in [0.1, 0.15) is 25.8 Å². The molecule has 0 unspecified atom stereocenters. The molecule has 1 rings (SSSR count). The van der Waals surface area contributed by atoms with E-state index in [0.29, 0.717) is 0 Å². The third kappa shape index (κ3) is 6.88. The lowest BCUT2D eigenvalue weighted by Gasteiger charge is -2.08. The topological polar surface area (TPSA) is 21.3 Å². The number of nitrogens with one attached hydrogen (secondary N) is 1. The molecule has 0 amide bonds.